The minimum atomic E-state index is 1.10. The molecule has 0 amide bonds. The van der Waals surface area contributed by atoms with Crippen LogP contribution in [0.25, 0.3) is 0 Å². The Bertz CT molecular complexity index is 86.5. The molecule has 0 aromatic heterocycles. The Hall–Kier alpha value is -0.0900. The summed E-state index contributed by atoms with van der Waals surface area (Å²) in [5.41, 5.74) is 0. The lowest BCUT2D eigenvalue weighted by Gasteiger charge is -1.86. The largest absolute Gasteiger partial charge is 0.160 e. The van der Waals surface area contributed by atoms with Gasteiger partial charge in [-0.15, -0.1) is 11.8 Å². The second kappa shape index (κ2) is 2.98. The van der Waals surface area contributed by atoms with Gasteiger partial charge in [-0.25, -0.2) is 0 Å². The van der Waals surface area contributed by atoms with Crippen LogP contribution in [-0.4, -0.2) is 11.5 Å². The molecule has 0 N–H and O–H groups in total. The predicted molar refractivity (Wildman–Crippen MR) is 34.3 cm³/mol. The van der Waals surface area contributed by atoms with Crippen molar-refractivity contribution in [3.8, 4) is 11.8 Å². The molecule has 38 valence electrons. The summed E-state index contributed by atoms with van der Waals surface area (Å²) in [5.74, 6) is 8.64. The molecular weight excluding hydrogens is 104 g/mol. The molecule has 0 spiro atoms. The first-order chi connectivity index (χ1) is 3.50. The van der Waals surface area contributed by atoms with Crippen LogP contribution in [-0.2, 0) is 0 Å². The Morgan fingerprint density at radius 3 is 2.14 bits per heavy atom. The molecule has 0 radical (unpaired) electrons. The Kier molecular flexibility index (Phi) is 2.15. The summed E-state index contributed by atoms with van der Waals surface area (Å²) in [5, 5.41) is 0. The van der Waals surface area contributed by atoms with Crippen molar-refractivity contribution in [1.82, 2.24) is 0 Å². The Balaban J connectivity index is 2.26. The van der Waals surface area contributed by atoms with Gasteiger partial charge in [0.2, 0.25) is 0 Å². The highest BCUT2D eigenvalue weighted by molar-refractivity contribution is 7.99. The SMILES string of the molecule is C1#CCCSCC1. The Labute approximate surface area is 48.7 Å². The minimum Gasteiger partial charge on any atom is -0.160 e. The molecule has 1 aliphatic rings. The molecule has 1 heterocycles. The number of rotatable bonds is 0. The molecule has 0 aromatic carbocycles. The highest BCUT2D eigenvalue weighted by Crippen LogP contribution is 2.05. The molecule has 0 bridgehead atoms. The van der Waals surface area contributed by atoms with Crippen molar-refractivity contribution in [3.05, 3.63) is 0 Å². The van der Waals surface area contributed by atoms with Crippen LogP contribution in [0.15, 0.2) is 0 Å². The van der Waals surface area contributed by atoms with Crippen molar-refractivity contribution in [1.29, 1.82) is 0 Å². The summed E-state index contributed by atoms with van der Waals surface area (Å²) in [4.78, 5) is 0. The van der Waals surface area contributed by atoms with E-state index in [1.807, 2.05) is 11.8 Å². The van der Waals surface area contributed by atoms with Crippen molar-refractivity contribution >= 4 is 11.8 Å². The van der Waals surface area contributed by atoms with Crippen LogP contribution in [0.1, 0.15) is 12.8 Å². The van der Waals surface area contributed by atoms with Gasteiger partial charge < -0.3 is 0 Å². The fraction of sp³-hybridized carbons (Fsp3) is 0.667. The summed E-state index contributed by atoms with van der Waals surface area (Å²) in [6, 6.07) is 0. The molecule has 0 atom stereocenters. The van der Waals surface area contributed by atoms with Gasteiger partial charge in [-0.1, -0.05) is 0 Å². The fourth-order valence-electron chi connectivity index (χ4n) is 0.525. The molecule has 0 aromatic rings. The summed E-state index contributed by atoms with van der Waals surface area (Å²) >= 11 is 1.99. The topological polar surface area (TPSA) is 0 Å². The van der Waals surface area contributed by atoms with Gasteiger partial charge in [0, 0.05) is 24.3 Å². The van der Waals surface area contributed by atoms with Crippen LogP contribution in [0.5, 0.6) is 0 Å². The van der Waals surface area contributed by atoms with Gasteiger partial charge >= 0.3 is 0 Å². The zero-order valence-corrected chi connectivity index (χ0v) is 5.05. The van der Waals surface area contributed by atoms with Crippen molar-refractivity contribution in [2.24, 2.45) is 0 Å². The van der Waals surface area contributed by atoms with E-state index in [4.69, 9.17) is 0 Å². The number of hydrogen-bond donors (Lipinski definition) is 0. The molecule has 0 aliphatic carbocycles. The van der Waals surface area contributed by atoms with Gasteiger partial charge in [0.1, 0.15) is 0 Å². The van der Waals surface area contributed by atoms with Crippen LogP contribution in [0, 0.1) is 11.8 Å². The first-order valence-corrected chi connectivity index (χ1v) is 3.69. The van der Waals surface area contributed by atoms with Crippen molar-refractivity contribution < 1.29 is 0 Å². The second-order valence-corrected chi connectivity index (χ2v) is 2.69. The van der Waals surface area contributed by atoms with Crippen LogP contribution < -0.4 is 0 Å². The third-order valence-corrected chi connectivity index (χ3v) is 1.85. The first-order valence-electron chi connectivity index (χ1n) is 2.53. The molecule has 0 nitrogen and oxygen atoms in total. The summed E-state index contributed by atoms with van der Waals surface area (Å²) in [7, 11) is 0. The zero-order chi connectivity index (χ0) is 4.95. The lowest BCUT2D eigenvalue weighted by molar-refractivity contribution is 1.30. The Morgan fingerprint density at radius 2 is 1.57 bits per heavy atom. The van der Waals surface area contributed by atoms with E-state index in [2.05, 4.69) is 11.8 Å². The van der Waals surface area contributed by atoms with Crippen LogP contribution in [0.4, 0.5) is 0 Å². The maximum atomic E-state index is 3.08. The lowest BCUT2D eigenvalue weighted by atomic mass is 10.4. The molecule has 0 saturated carbocycles. The fourth-order valence-corrected chi connectivity index (χ4v) is 1.22. The van der Waals surface area contributed by atoms with E-state index >= 15 is 0 Å². The molecular formula is C6H8S. The second-order valence-electron chi connectivity index (χ2n) is 1.47. The van der Waals surface area contributed by atoms with E-state index in [1.165, 1.54) is 11.5 Å². The highest BCUT2D eigenvalue weighted by atomic mass is 32.2. The zero-order valence-electron chi connectivity index (χ0n) is 4.24. The smallest absolute Gasteiger partial charge is 0.0180 e. The van der Waals surface area contributed by atoms with E-state index in [0.29, 0.717) is 0 Å². The maximum Gasteiger partial charge on any atom is 0.0180 e. The Morgan fingerprint density at radius 1 is 1.00 bits per heavy atom. The molecule has 7 heavy (non-hydrogen) atoms. The standard InChI is InChI=1S/C6H8S/c1-2-4-6-7-5-3-1/h3-6H2. The van der Waals surface area contributed by atoms with E-state index < -0.39 is 0 Å². The summed E-state index contributed by atoms with van der Waals surface area (Å²) in [6.07, 6.45) is 2.20. The van der Waals surface area contributed by atoms with Crippen LogP contribution in [0.2, 0.25) is 0 Å². The van der Waals surface area contributed by atoms with Crippen molar-refractivity contribution in [3.63, 3.8) is 0 Å². The molecule has 0 fully saturated rings. The van der Waals surface area contributed by atoms with Gasteiger partial charge in [0.05, 0.1) is 0 Å². The van der Waals surface area contributed by atoms with Crippen LogP contribution in [0.3, 0.4) is 0 Å². The molecule has 0 unspecified atom stereocenters. The number of hydrogen-bond acceptors (Lipinski definition) is 1. The normalized spacial score (nSPS) is 19.4. The van der Waals surface area contributed by atoms with Crippen molar-refractivity contribution in [2.45, 2.75) is 12.8 Å². The first kappa shape index (κ1) is 5.05. The molecule has 0 saturated heterocycles. The number of thioether (sulfide) groups is 1. The van der Waals surface area contributed by atoms with Gasteiger partial charge in [0.15, 0.2) is 0 Å². The van der Waals surface area contributed by atoms with Gasteiger partial charge in [-0.3, -0.25) is 0 Å². The molecule has 1 aliphatic heterocycles. The third kappa shape index (κ3) is 1.89. The van der Waals surface area contributed by atoms with Gasteiger partial charge in [-0.2, -0.15) is 11.8 Å². The predicted octanol–water partition coefficient (Wildman–Crippen LogP) is 1.52. The molecule has 1 heteroatoms. The average molecular weight is 112 g/mol. The van der Waals surface area contributed by atoms with E-state index in [1.54, 1.807) is 0 Å². The minimum absolute atomic E-state index is 1.10. The third-order valence-electron chi connectivity index (χ3n) is 0.868. The average Bonchev–Trinajstić information content (AvgIpc) is 1.90. The highest BCUT2D eigenvalue weighted by Gasteiger charge is 1.87. The van der Waals surface area contributed by atoms with E-state index in [-0.39, 0.29) is 0 Å². The van der Waals surface area contributed by atoms with Gasteiger partial charge in [-0.05, 0) is 0 Å². The maximum absolute atomic E-state index is 3.08. The van der Waals surface area contributed by atoms with E-state index in [0.717, 1.165) is 12.8 Å². The van der Waals surface area contributed by atoms with Gasteiger partial charge in [0.25, 0.3) is 0 Å². The quantitative estimate of drug-likeness (QED) is 0.428. The van der Waals surface area contributed by atoms with Crippen LogP contribution >= 0.6 is 11.8 Å². The van der Waals surface area contributed by atoms with E-state index in [9.17, 15) is 0 Å². The lowest BCUT2D eigenvalue weighted by Crippen LogP contribution is -1.73. The summed E-state index contributed by atoms with van der Waals surface area (Å²) in [6.45, 7) is 0. The van der Waals surface area contributed by atoms with Crippen molar-refractivity contribution in [2.75, 3.05) is 11.5 Å². The molecule has 1 rings (SSSR count). The monoisotopic (exact) mass is 112 g/mol. The summed E-state index contributed by atoms with van der Waals surface area (Å²) < 4.78 is 0.